The van der Waals surface area contributed by atoms with Crippen molar-refractivity contribution in [3.63, 3.8) is 0 Å². The maximum absolute atomic E-state index is 11.9. The average Bonchev–Trinajstić information content (AvgIpc) is 3.34. The molecule has 0 fully saturated rings. The molecule has 0 saturated carbocycles. The number of benzene rings is 2. The van der Waals surface area contributed by atoms with E-state index in [2.05, 4.69) is 4.98 Å². The molecule has 0 atom stereocenters. The van der Waals surface area contributed by atoms with Gasteiger partial charge < -0.3 is 18.6 Å². The first-order chi connectivity index (χ1) is 12.8. The van der Waals surface area contributed by atoms with Crippen molar-refractivity contribution in [2.45, 2.75) is 6.61 Å². The summed E-state index contributed by atoms with van der Waals surface area (Å²) >= 11 is 0. The van der Waals surface area contributed by atoms with Crippen LogP contribution < -0.4 is 9.47 Å². The largest absolute Gasteiger partial charge is 0.454 e. The Kier molecular flexibility index (Phi) is 4.38. The van der Waals surface area contributed by atoms with Crippen LogP contribution in [0.25, 0.3) is 17.4 Å². The molecule has 6 nitrogen and oxygen atoms in total. The highest BCUT2D eigenvalue weighted by atomic mass is 16.7. The van der Waals surface area contributed by atoms with Crippen LogP contribution in [0.1, 0.15) is 11.5 Å². The number of carbonyl (C=O) groups excluding carboxylic acids is 1. The third-order valence-corrected chi connectivity index (χ3v) is 3.76. The molecule has 2 heterocycles. The Labute approximate surface area is 149 Å². The second kappa shape index (κ2) is 7.14. The summed E-state index contributed by atoms with van der Waals surface area (Å²) in [5, 5.41) is 0. The van der Waals surface area contributed by atoms with Gasteiger partial charge in [-0.3, -0.25) is 0 Å². The summed E-state index contributed by atoms with van der Waals surface area (Å²) in [5.74, 6) is 1.85. The van der Waals surface area contributed by atoms with E-state index in [1.165, 1.54) is 6.08 Å². The lowest BCUT2D eigenvalue weighted by Crippen LogP contribution is -2.00. The van der Waals surface area contributed by atoms with E-state index in [1.54, 1.807) is 24.4 Å². The highest BCUT2D eigenvalue weighted by Gasteiger charge is 2.12. The molecule has 0 bridgehead atoms. The number of carbonyl (C=O) groups is 1. The SMILES string of the molecule is O=C(/C=C\c1ccc2c(c1)OCO2)OCc1ncc(-c2ccccc2)o1. The third kappa shape index (κ3) is 3.59. The lowest BCUT2D eigenvalue weighted by molar-refractivity contribution is -0.139. The average molecular weight is 349 g/mol. The van der Waals surface area contributed by atoms with Crippen LogP contribution in [0.5, 0.6) is 11.5 Å². The van der Waals surface area contributed by atoms with E-state index < -0.39 is 5.97 Å². The number of nitrogens with zero attached hydrogens (tertiary/aromatic N) is 1. The standard InChI is InChI=1S/C20H15NO5/c22-20(9-7-14-6-8-16-17(10-14)25-13-24-16)23-12-19-21-11-18(26-19)15-4-2-1-3-5-15/h1-11H,12-13H2/b9-7-. The minimum atomic E-state index is -0.484. The Morgan fingerprint density at radius 1 is 1.12 bits per heavy atom. The molecular weight excluding hydrogens is 334 g/mol. The van der Waals surface area contributed by atoms with Gasteiger partial charge in [0.25, 0.3) is 0 Å². The summed E-state index contributed by atoms with van der Waals surface area (Å²) in [4.78, 5) is 16.0. The van der Waals surface area contributed by atoms with E-state index in [1.807, 2.05) is 36.4 Å². The first-order valence-corrected chi connectivity index (χ1v) is 8.02. The van der Waals surface area contributed by atoms with Crippen molar-refractivity contribution < 1.29 is 23.4 Å². The van der Waals surface area contributed by atoms with Crippen molar-refractivity contribution in [1.29, 1.82) is 0 Å². The Morgan fingerprint density at radius 3 is 2.85 bits per heavy atom. The van der Waals surface area contributed by atoms with Crippen molar-refractivity contribution in [2.75, 3.05) is 6.79 Å². The number of hydrogen-bond acceptors (Lipinski definition) is 6. The van der Waals surface area contributed by atoms with Crippen molar-refractivity contribution in [2.24, 2.45) is 0 Å². The van der Waals surface area contributed by atoms with Crippen molar-refractivity contribution in [3.8, 4) is 22.8 Å². The highest BCUT2D eigenvalue weighted by molar-refractivity contribution is 5.87. The first-order valence-electron chi connectivity index (χ1n) is 8.02. The molecule has 0 radical (unpaired) electrons. The van der Waals surface area contributed by atoms with Gasteiger partial charge in [0.2, 0.25) is 12.7 Å². The summed E-state index contributed by atoms with van der Waals surface area (Å²) in [5.41, 5.74) is 1.73. The van der Waals surface area contributed by atoms with Crippen molar-refractivity contribution in [3.05, 3.63) is 72.3 Å². The topological polar surface area (TPSA) is 70.8 Å². The van der Waals surface area contributed by atoms with Gasteiger partial charge in [0.05, 0.1) is 6.20 Å². The van der Waals surface area contributed by atoms with Crippen LogP contribution in [0.15, 0.2) is 65.2 Å². The van der Waals surface area contributed by atoms with E-state index >= 15 is 0 Å². The number of ether oxygens (including phenoxy) is 3. The Balaban J connectivity index is 1.33. The van der Waals surface area contributed by atoms with Gasteiger partial charge in [0.15, 0.2) is 23.9 Å². The molecule has 130 valence electrons. The Bertz CT molecular complexity index is 946. The zero-order chi connectivity index (χ0) is 17.8. The lowest BCUT2D eigenvalue weighted by atomic mass is 10.2. The number of oxazole rings is 1. The zero-order valence-corrected chi connectivity index (χ0v) is 13.8. The number of esters is 1. The minimum Gasteiger partial charge on any atom is -0.454 e. The van der Waals surface area contributed by atoms with Crippen LogP contribution in [0.2, 0.25) is 0 Å². The summed E-state index contributed by atoms with van der Waals surface area (Å²) in [6, 6.07) is 15.0. The second-order valence-corrected chi connectivity index (χ2v) is 5.54. The van der Waals surface area contributed by atoms with E-state index in [0.29, 0.717) is 23.1 Å². The molecule has 0 spiro atoms. The number of aromatic nitrogens is 1. The normalized spacial score (nSPS) is 12.5. The molecule has 0 aliphatic carbocycles. The van der Waals surface area contributed by atoms with Gasteiger partial charge in [-0.05, 0) is 23.8 Å². The quantitative estimate of drug-likeness (QED) is 0.515. The van der Waals surface area contributed by atoms with Gasteiger partial charge in [0, 0.05) is 11.6 Å². The predicted molar refractivity (Wildman–Crippen MR) is 93.3 cm³/mol. The molecular formula is C20H15NO5. The number of rotatable bonds is 5. The molecule has 3 aromatic rings. The molecule has 4 rings (SSSR count). The summed E-state index contributed by atoms with van der Waals surface area (Å²) in [6.07, 6.45) is 4.61. The molecule has 26 heavy (non-hydrogen) atoms. The molecule has 6 heteroatoms. The fourth-order valence-electron chi connectivity index (χ4n) is 2.47. The van der Waals surface area contributed by atoms with Crippen LogP contribution in [0.4, 0.5) is 0 Å². The smallest absolute Gasteiger partial charge is 0.331 e. The zero-order valence-electron chi connectivity index (χ0n) is 13.8. The monoisotopic (exact) mass is 349 g/mol. The summed E-state index contributed by atoms with van der Waals surface area (Å²) < 4.78 is 21.3. The van der Waals surface area contributed by atoms with E-state index in [-0.39, 0.29) is 13.4 Å². The predicted octanol–water partition coefficient (Wildman–Crippen LogP) is 3.83. The molecule has 0 amide bonds. The van der Waals surface area contributed by atoms with E-state index in [4.69, 9.17) is 18.6 Å². The van der Waals surface area contributed by atoms with Gasteiger partial charge in [-0.25, -0.2) is 9.78 Å². The fraction of sp³-hybridized carbons (Fsp3) is 0.100. The highest BCUT2D eigenvalue weighted by Crippen LogP contribution is 2.32. The molecule has 2 aromatic carbocycles. The summed E-state index contributed by atoms with van der Waals surface area (Å²) in [6.45, 7) is 0.183. The van der Waals surface area contributed by atoms with Gasteiger partial charge in [-0.2, -0.15) is 0 Å². The van der Waals surface area contributed by atoms with Crippen LogP contribution >= 0.6 is 0 Å². The van der Waals surface area contributed by atoms with Gasteiger partial charge in [0.1, 0.15) is 0 Å². The lowest BCUT2D eigenvalue weighted by Gasteiger charge is -1.99. The maximum Gasteiger partial charge on any atom is 0.331 e. The first kappa shape index (κ1) is 16.0. The fourth-order valence-corrected chi connectivity index (χ4v) is 2.47. The number of hydrogen-bond donors (Lipinski definition) is 0. The van der Waals surface area contributed by atoms with Crippen molar-refractivity contribution >= 4 is 12.0 Å². The molecule has 0 saturated heterocycles. The molecule has 0 unspecified atom stereocenters. The van der Waals surface area contributed by atoms with Crippen LogP contribution in [0, 0.1) is 0 Å². The van der Waals surface area contributed by atoms with Crippen LogP contribution in [-0.4, -0.2) is 17.7 Å². The Hall–Kier alpha value is -3.54. The molecule has 1 aliphatic rings. The van der Waals surface area contributed by atoms with E-state index in [9.17, 15) is 4.79 Å². The minimum absolute atomic E-state index is 0.0306. The third-order valence-electron chi connectivity index (χ3n) is 3.76. The van der Waals surface area contributed by atoms with Gasteiger partial charge in [-0.15, -0.1) is 0 Å². The van der Waals surface area contributed by atoms with Gasteiger partial charge in [-0.1, -0.05) is 36.4 Å². The maximum atomic E-state index is 11.9. The molecule has 1 aromatic heterocycles. The number of fused-ring (bicyclic) bond motifs is 1. The Morgan fingerprint density at radius 2 is 1.96 bits per heavy atom. The van der Waals surface area contributed by atoms with E-state index in [0.717, 1.165) is 11.1 Å². The molecule has 0 N–H and O–H groups in total. The van der Waals surface area contributed by atoms with Crippen LogP contribution in [0.3, 0.4) is 0 Å². The van der Waals surface area contributed by atoms with Crippen molar-refractivity contribution in [1.82, 2.24) is 4.98 Å². The van der Waals surface area contributed by atoms with Crippen LogP contribution in [-0.2, 0) is 16.1 Å². The summed E-state index contributed by atoms with van der Waals surface area (Å²) in [7, 11) is 0. The molecule has 1 aliphatic heterocycles. The van der Waals surface area contributed by atoms with Gasteiger partial charge >= 0.3 is 5.97 Å². The second-order valence-electron chi connectivity index (χ2n) is 5.54.